The predicted octanol–water partition coefficient (Wildman–Crippen LogP) is 2.01. The van der Waals surface area contributed by atoms with Gasteiger partial charge in [-0.1, -0.05) is 0 Å². The van der Waals surface area contributed by atoms with Crippen molar-refractivity contribution in [3.8, 4) is 0 Å². The second kappa shape index (κ2) is 8.19. The lowest BCUT2D eigenvalue weighted by atomic mass is 10.2. The first-order chi connectivity index (χ1) is 13.9. The van der Waals surface area contributed by atoms with Crippen molar-refractivity contribution in [1.82, 2.24) is 14.5 Å². The van der Waals surface area contributed by atoms with Gasteiger partial charge in [-0.25, -0.2) is 17.2 Å². The summed E-state index contributed by atoms with van der Waals surface area (Å²) in [4.78, 5) is 4.18. The first kappa shape index (κ1) is 20.0. The van der Waals surface area contributed by atoms with Crippen molar-refractivity contribution < 1.29 is 17.2 Å². The number of anilines is 2. The molecule has 2 aromatic rings. The monoisotopic (exact) mass is 423 g/mol. The summed E-state index contributed by atoms with van der Waals surface area (Å²) in [5, 5.41) is 8.60. The molecule has 2 fully saturated rings. The second-order valence-electron chi connectivity index (χ2n) is 7.32. The van der Waals surface area contributed by atoms with E-state index in [0.717, 1.165) is 37.1 Å². The van der Waals surface area contributed by atoms with Crippen molar-refractivity contribution >= 4 is 21.7 Å². The fourth-order valence-corrected chi connectivity index (χ4v) is 5.26. The highest BCUT2D eigenvalue weighted by molar-refractivity contribution is 7.88. The second-order valence-corrected chi connectivity index (χ2v) is 9.29. The van der Waals surface area contributed by atoms with Crippen molar-refractivity contribution in [2.45, 2.75) is 18.6 Å². The van der Waals surface area contributed by atoms with Gasteiger partial charge in [0.2, 0.25) is 10.0 Å². The van der Waals surface area contributed by atoms with Gasteiger partial charge in [0.1, 0.15) is 11.6 Å². The molecule has 0 amide bonds. The maximum atomic E-state index is 13.8. The Morgan fingerprint density at radius 1 is 0.828 bits per heavy atom. The molecule has 156 valence electrons. The number of benzene rings is 1. The summed E-state index contributed by atoms with van der Waals surface area (Å²) in [6.45, 7) is 3.43. The number of piperazine rings is 1. The SMILES string of the molecule is O=S(=O)(Cc1cc(F)ccc1F)N1CCN(c2ccc(N3CCCC3)nn2)CC1. The average molecular weight is 423 g/mol. The smallest absolute Gasteiger partial charge is 0.218 e. The molecule has 7 nitrogen and oxygen atoms in total. The summed E-state index contributed by atoms with van der Waals surface area (Å²) in [7, 11) is -3.74. The summed E-state index contributed by atoms with van der Waals surface area (Å²) in [6.07, 6.45) is 2.33. The van der Waals surface area contributed by atoms with Gasteiger partial charge in [0, 0.05) is 44.8 Å². The lowest BCUT2D eigenvalue weighted by Crippen LogP contribution is -2.49. The van der Waals surface area contributed by atoms with E-state index in [2.05, 4.69) is 15.1 Å². The van der Waals surface area contributed by atoms with Gasteiger partial charge < -0.3 is 9.80 Å². The van der Waals surface area contributed by atoms with Crippen LogP contribution in [0.15, 0.2) is 30.3 Å². The van der Waals surface area contributed by atoms with E-state index in [1.807, 2.05) is 17.0 Å². The van der Waals surface area contributed by atoms with Gasteiger partial charge in [-0.15, -0.1) is 10.2 Å². The minimum atomic E-state index is -3.74. The lowest BCUT2D eigenvalue weighted by Gasteiger charge is -2.34. The van der Waals surface area contributed by atoms with Gasteiger partial charge in [0.15, 0.2) is 11.6 Å². The van der Waals surface area contributed by atoms with Gasteiger partial charge in [-0.2, -0.15) is 4.31 Å². The van der Waals surface area contributed by atoms with Crippen molar-refractivity contribution in [3.63, 3.8) is 0 Å². The molecular formula is C19H23F2N5O2S. The first-order valence-electron chi connectivity index (χ1n) is 9.68. The Balaban J connectivity index is 1.37. The Hall–Kier alpha value is -2.33. The number of halogens is 2. The number of rotatable bonds is 5. The Kier molecular flexibility index (Phi) is 5.64. The predicted molar refractivity (Wildman–Crippen MR) is 106 cm³/mol. The van der Waals surface area contributed by atoms with Gasteiger partial charge >= 0.3 is 0 Å². The molecule has 2 aliphatic heterocycles. The molecule has 0 bridgehead atoms. The minimum Gasteiger partial charge on any atom is -0.355 e. The fraction of sp³-hybridized carbons (Fsp3) is 0.474. The summed E-state index contributed by atoms with van der Waals surface area (Å²) in [5.74, 6) is -0.355. The molecular weight excluding hydrogens is 400 g/mol. The molecule has 0 unspecified atom stereocenters. The normalized spacial score (nSPS) is 18.4. The quantitative estimate of drug-likeness (QED) is 0.733. The van der Waals surface area contributed by atoms with E-state index in [0.29, 0.717) is 18.9 Å². The third-order valence-corrected chi connectivity index (χ3v) is 7.20. The van der Waals surface area contributed by atoms with Crippen LogP contribution in [0.25, 0.3) is 0 Å². The van der Waals surface area contributed by atoms with Crippen LogP contribution in [-0.2, 0) is 15.8 Å². The van der Waals surface area contributed by atoms with E-state index >= 15 is 0 Å². The van der Waals surface area contributed by atoms with Crippen LogP contribution in [0, 0.1) is 11.6 Å². The third-order valence-electron chi connectivity index (χ3n) is 5.37. The van der Waals surface area contributed by atoms with E-state index in [4.69, 9.17) is 0 Å². The molecule has 0 atom stereocenters. The Bertz CT molecular complexity index is 957. The Morgan fingerprint density at radius 3 is 2.00 bits per heavy atom. The molecule has 0 N–H and O–H groups in total. The minimum absolute atomic E-state index is 0.157. The van der Waals surface area contributed by atoms with Crippen LogP contribution in [0.4, 0.5) is 20.4 Å². The average Bonchev–Trinajstić information content (AvgIpc) is 3.26. The largest absolute Gasteiger partial charge is 0.355 e. The van der Waals surface area contributed by atoms with Crippen molar-refractivity contribution in [2.24, 2.45) is 0 Å². The van der Waals surface area contributed by atoms with E-state index in [-0.39, 0.29) is 18.7 Å². The summed E-state index contributed by atoms with van der Waals surface area (Å²) >= 11 is 0. The zero-order chi connectivity index (χ0) is 20.4. The van der Waals surface area contributed by atoms with Crippen LogP contribution in [0.2, 0.25) is 0 Å². The molecule has 1 aromatic heterocycles. The third kappa shape index (κ3) is 4.48. The van der Waals surface area contributed by atoms with Crippen LogP contribution in [0.1, 0.15) is 18.4 Å². The standard InChI is InChI=1S/C19H23F2N5O2S/c20-16-3-4-17(21)15(13-16)14-29(27,28)26-11-9-25(10-12-26)19-6-5-18(22-23-19)24-7-1-2-8-24/h3-6,13H,1-2,7-12,14H2. The Morgan fingerprint density at radius 2 is 1.41 bits per heavy atom. The summed E-state index contributed by atoms with van der Waals surface area (Å²) in [5.41, 5.74) is -0.157. The molecule has 2 saturated heterocycles. The zero-order valence-electron chi connectivity index (χ0n) is 16.0. The molecule has 1 aromatic carbocycles. The lowest BCUT2D eigenvalue weighted by molar-refractivity contribution is 0.382. The van der Waals surface area contributed by atoms with Gasteiger partial charge in [0.25, 0.3) is 0 Å². The van der Waals surface area contributed by atoms with E-state index in [9.17, 15) is 17.2 Å². The number of sulfonamides is 1. The molecule has 3 heterocycles. The number of aromatic nitrogens is 2. The van der Waals surface area contributed by atoms with Crippen LogP contribution < -0.4 is 9.80 Å². The maximum Gasteiger partial charge on any atom is 0.218 e. The highest BCUT2D eigenvalue weighted by Gasteiger charge is 2.29. The van der Waals surface area contributed by atoms with Gasteiger partial charge in [-0.05, 0) is 43.2 Å². The van der Waals surface area contributed by atoms with Crippen LogP contribution in [-0.4, -0.2) is 62.2 Å². The highest BCUT2D eigenvalue weighted by Crippen LogP contribution is 2.22. The summed E-state index contributed by atoms with van der Waals surface area (Å²) < 4.78 is 53.7. The number of hydrogen-bond donors (Lipinski definition) is 0. The summed E-state index contributed by atoms with van der Waals surface area (Å²) in [6, 6.07) is 6.71. The molecule has 29 heavy (non-hydrogen) atoms. The molecule has 10 heteroatoms. The van der Waals surface area contributed by atoms with Gasteiger partial charge in [0.05, 0.1) is 5.75 Å². The van der Waals surface area contributed by atoms with Crippen molar-refractivity contribution in [2.75, 3.05) is 49.1 Å². The molecule has 0 spiro atoms. The van der Waals surface area contributed by atoms with Crippen molar-refractivity contribution in [1.29, 1.82) is 0 Å². The van der Waals surface area contributed by atoms with E-state index in [1.165, 1.54) is 17.1 Å². The molecule has 0 aliphatic carbocycles. The van der Waals surface area contributed by atoms with Crippen molar-refractivity contribution in [3.05, 3.63) is 47.5 Å². The van der Waals surface area contributed by atoms with Crippen LogP contribution >= 0.6 is 0 Å². The first-order valence-corrected chi connectivity index (χ1v) is 11.3. The van der Waals surface area contributed by atoms with E-state index < -0.39 is 27.4 Å². The van der Waals surface area contributed by atoms with Gasteiger partial charge in [-0.3, -0.25) is 0 Å². The topological polar surface area (TPSA) is 69.6 Å². The fourth-order valence-electron chi connectivity index (χ4n) is 3.74. The number of nitrogens with zero attached hydrogens (tertiary/aromatic N) is 5. The van der Waals surface area contributed by atoms with E-state index in [1.54, 1.807) is 0 Å². The molecule has 4 rings (SSSR count). The Labute approximate surface area is 169 Å². The maximum absolute atomic E-state index is 13.8. The zero-order valence-corrected chi connectivity index (χ0v) is 16.8. The molecule has 2 aliphatic rings. The van der Waals surface area contributed by atoms with Crippen LogP contribution in [0.3, 0.4) is 0 Å². The van der Waals surface area contributed by atoms with Crippen LogP contribution in [0.5, 0.6) is 0 Å². The molecule has 0 saturated carbocycles. The molecule has 0 radical (unpaired) electrons. The number of hydrogen-bond acceptors (Lipinski definition) is 6. The highest BCUT2D eigenvalue weighted by atomic mass is 32.2.